The van der Waals surface area contributed by atoms with Gasteiger partial charge in [0.2, 0.25) is 12.7 Å². The molecule has 1 N–H and O–H groups in total. The largest absolute Gasteiger partial charge is 0.454 e. The van der Waals surface area contributed by atoms with E-state index in [4.69, 9.17) is 9.47 Å². The number of nitrogens with one attached hydrogen (secondary N) is 1. The molecule has 136 valence electrons. The fourth-order valence-corrected chi connectivity index (χ4v) is 3.12. The van der Waals surface area contributed by atoms with Crippen LogP contribution in [0.25, 0.3) is 10.9 Å². The molecule has 0 spiro atoms. The molecule has 0 unspecified atom stereocenters. The second-order valence-electron chi connectivity index (χ2n) is 6.20. The summed E-state index contributed by atoms with van der Waals surface area (Å²) in [6.07, 6.45) is 5.73. The highest BCUT2D eigenvalue weighted by molar-refractivity contribution is 5.99. The van der Waals surface area contributed by atoms with Crippen molar-refractivity contribution in [2.45, 2.75) is 13.0 Å². The van der Waals surface area contributed by atoms with Gasteiger partial charge in [0.1, 0.15) is 0 Å². The predicted molar refractivity (Wildman–Crippen MR) is 104 cm³/mol. The van der Waals surface area contributed by atoms with Crippen molar-refractivity contribution in [3.63, 3.8) is 0 Å². The molecular formula is C21H19N3O3. The van der Waals surface area contributed by atoms with Crippen molar-refractivity contribution in [2.75, 3.05) is 6.79 Å². The van der Waals surface area contributed by atoms with Crippen LogP contribution in [0.1, 0.15) is 11.1 Å². The van der Waals surface area contributed by atoms with E-state index in [0.717, 1.165) is 22.0 Å². The Hall–Kier alpha value is -3.54. The highest BCUT2D eigenvalue weighted by atomic mass is 16.7. The highest BCUT2D eigenvalue weighted by Crippen LogP contribution is 2.32. The summed E-state index contributed by atoms with van der Waals surface area (Å²) in [6.45, 7) is 4.72. The summed E-state index contributed by atoms with van der Waals surface area (Å²) < 4.78 is 12.7. The summed E-state index contributed by atoms with van der Waals surface area (Å²) in [7, 11) is 0. The Morgan fingerprint density at radius 1 is 1.22 bits per heavy atom. The van der Waals surface area contributed by atoms with Gasteiger partial charge in [0.15, 0.2) is 11.5 Å². The SMILES string of the molecule is C=CCn1cc(/C=N\NC(=O)Cc2ccc3c(c2)OCO3)c2ccccc21. The summed E-state index contributed by atoms with van der Waals surface area (Å²) >= 11 is 0. The van der Waals surface area contributed by atoms with Gasteiger partial charge in [-0.05, 0) is 23.8 Å². The molecule has 1 aliphatic heterocycles. The average Bonchev–Trinajstić information content (AvgIpc) is 3.27. The fraction of sp³-hybridized carbons (Fsp3) is 0.143. The minimum atomic E-state index is -0.194. The van der Waals surface area contributed by atoms with Crippen LogP contribution < -0.4 is 14.9 Å². The van der Waals surface area contributed by atoms with E-state index in [-0.39, 0.29) is 19.1 Å². The monoisotopic (exact) mass is 361 g/mol. The first-order valence-corrected chi connectivity index (χ1v) is 8.64. The molecule has 0 aliphatic carbocycles. The Labute approximate surface area is 156 Å². The first-order valence-electron chi connectivity index (χ1n) is 8.64. The number of benzene rings is 2. The van der Waals surface area contributed by atoms with Crippen LogP contribution in [-0.4, -0.2) is 23.5 Å². The Balaban J connectivity index is 1.44. The standard InChI is InChI=1S/C21H19N3O3/c1-2-9-24-13-16(17-5-3-4-6-18(17)24)12-22-23-21(25)11-15-7-8-19-20(10-15)27-14-26-19/h2-8,10,12-13H,1,9,11,14H2,(H,23,25)/b22-12-. The second kappa shape index (κ2) is 7.37. The van der Waals surface area contributed by atoms with E-state index in [9.17, 15) is 4.79 Å². The Morgan fingerprint density at radius 3 is 2.96 bits per heavy atom. The number of amides is 1. The van der Waals surface area contributed by atoms with Gasteiger partial charge in [-0.2, -0.15) is 5.10 Å². The molecule has 27 heavy (non-hydrogen) atoms. The number of carbonyl (C=O) groups is 1. The van der Waals surface area contributed by atoms with Crippen LogP contribution in [-0.2, 0) is 17.8 Å². The number of rotatable bonds is 6. The van der Waals surface area contributed by atoms with Crippen molar-refractivity contribution in [3.8, 4) is 11.5 Å². The number of hydrazone groups is 1. The van der Waals surface area contributed by atoms with E-state index in [0.29, 0.717) is 18.0 Å². The van der Waals surface area contributed by atoms with Crippen molar-refractivity contribution in [1.29, 1.82) is 0 Å². The minimum Gasteiger partial charge on any atom is -0.454 e. The van der Waals surface area contributed by atoms with Crippen molar-refractivity contribution in [3.05, 3.63) is 72.4 Å². The molecule has 0 radical (unpaired) electrons. The third kappa shape index (κ3) is 3.55. The van der Waals surface area contributed by atoms with Gasteiger partial charge in [0.25, 0.3) is 0 Å². The fourth-order valence-electron chi connectivity index (χ4n) is 3.12. The van der Waals surface area contributed by atoms with Crippen LogP contribution in [0.15, 0.2) is 66.4 Å². The van der Waals surface area contributed by atoms with E-state index in [1.54, 1.807) is 6.21 Å². The molecule has 1 amide bonds. The number of allylic oxidation sites excluding steroid dienone is 1. The summed E-state index contributed by atoms with van der Waals surface area (Å²) in [4.78, 5) is 12.2. The molecule has 0 fully saturated rings. The number of nitrogens with zero attached hydrogens (tertiary/aromatic N) is 2. The van der Waals surface area contributed by atoms with Gasteiger partial charge in [-0.15, -0.1) is 6.58 Å². The molecule has 6 nitrogen and oxygen atoms in total. The number of para-hydroxylation sites is 1. The molecule has 0 saturated heterocycles. The van der Waals surface area contributed by atoms with E-state index in [1.807, 2.05) is 54.7 Å². The molecule has 1 aromatic heterocycles. The normalized spacial score (nSPS) is 12.6. The van der Waals surface area contributed by atoms with Crippen molar-refractivity contribution in [1.82, 2.24) is 9.99 Å². The maximum atomic E-state index is 12.2. The molecular weight excluding hydrogens is 342 g/mol. The molecule has 0 bridgehead atoms. The third-order valence-electron chi connectivity index (χ3n) is 4.34. The molecule has 3 aromatic rings. The van der Waals surface area contributed by atoms with E-state index >= 15 is 0 Å². The van der Waals surface area contributed by atoms with Crippen LogP contribution in [0.5, 0.6) is 11.5 Å². The number of carbonyl (C=O) groups excluding carboxylic acids is 1. The van der Waals surface area contributed by atoms with Crippen LogP contribution >= 0.6 is 0 Å². The molecule has 4 rings (SSSR count). The van der Waals surface area contributed by atoms with Crippen LogP contribution in [0, 0.1) is 0 Å². The van der Waals surface area contributed by atoms with Crippen molar-refractivity contribution >= 4 is 23.0 Å². The second-order valence-corrected chi connectivity index (χ2v) is 6.20. The number of hydrogen-bond donors (Lipinski definition) is 1. The zero-order valence-electron chi connectivity index (χ0n) is 14.7. The number of ether oxygens (including phenoxy) is 2. The van der Waals surface area contributed by atoms with Crippen molar-refractivity contribution < 1.29 is 14.3 Å². The summed E-state index contributed by atoms with van der Waals surface area (Å²) in [5.41, 5.74) is 5.47. The summed E-state index contributed by atoms with van der Waals surface area (Å²) in [5.74, 6) is 1.17. The van der Waals surface area contributed by atoms with Gasteiger partial charge in [-0.1, -0.05) is 30.3 Å². The van der Waals surface area contributed by atoms with Gasteiger partial charge < -0.3 is 14.0 Å². The lowest BCUT2D eigenvalue weighted by atomic mass is 10.1. The van der Waals surface area contributed by atoms with Gasteiger partial charge in [-0.3, -0.25) is 4.79 Å². The number of hydrogen-bond acceptors (Lipinski definition) is 4. The lowest BCUT2D eigenvalue weighted by Crippen LogP contribution is -2.19. The van der Waals surface area contributed by atoms with Gasteiger partial charge in [0.05, 0.1) is 12.6 Å². The molecule has 6 heteroatoms. The molecule has 2 heterocycles. The minimum absolute atomic E-state index is 0.194. The quantitative estimate of drug-likeness (QED) is 0.416. The first-order chi connectivity index (χ1) is 13.2. The maximum absolute atomic E-state index is 12.2. The van der Waals surface area contributed by atoms with Crippen LogP contribution in [0.2, 0.25) is 0 Å². The zero-order chi connectivity index (χ0) is 18.6. The molecule has 0 atom stereocenters. The van der Waals surface area contributed by atoms with Crippen LogP contribution in [0.3, 0.4) is 0 Å². The molecule has 1 aliphatic rings. The number of aromatic nitrogens is 1. The lowest BCUT2D eigenvalue weighted by Gasteiger charge is -2.02. The number of fused-ring (bicyclic) bond motifs is 2. The Morgan fingerprint density at radius 2 is 2.07 bits per heavy atom. The Kier molecular flexibility index (Phi) is 4.61. The third-order valence-corrected chi connectivity index (χ3v) is 4.34. The van der Waals surface area contributed by atoms with Crippen molar-refractivity contribution in [2.24, 2.45) is 5.10 Å². The van der Waals surface area contributed by atoms with Gasteiger partial charge in [-0.25, -0.2) is 5.43 Å². The average molecular weight is 361 g/mol. The highest BCUT2D eigenvalue weighted by Gasteiger charge is 2.14. The van der Waals surface area contributed by atoms with Gasteiger partial charge in [0, 0.05) is 29.2 Å². The summed E-state index contributed by atoms with van der Waals surface area (Å²) in [5, 5.41) is 5.19. The maximum Gasteiger partial charge on any atom is 0.244 e. The van der Waals surface area contributed by atoms with E-state index in [2.05, 4.69) is 21.7 Å². The molecule has 0 saturated carbocycles. The van der Waals surface area contributed by atoms with Crippen LogP contribution in [0.4, 0.5) is 0 Å². The summed E-state index contributed by atoms with van der Waals surface area (Å²) in [6, 6.07) is 13.5. The predicted octanol–water partition coefficient (Wildman–Crippen LogP) is 3.25. The first kappa shape index (κ1) is 16.9. The topological polar surface area (TPSA) is 64.9 Å². The van der Waals surface area contributed by atoms with E-state index in [1.165, 1.54) is 0 Å². The van der Waals surface area contributed by atoms with Gasteiger partial charge >= 0.3 is 0 Å². The van der Waals surface area contributed by atoms with E-state index < -0.39 is 0 Å². The zero-order valence-corrected chi connectivity index (χ0v) is 14.7. The molecule has 2 aromatic carbocycles. The lowest BCUT2D eigenvalue weighted by molar-refractivity contribution is -0.120. The Bertz CT molecular complexity index is 1040. The smallest absolute Gasteiger partial charge is 0.244 e.